The molecule has 0 saturated heterocycles. The summed E-state index contributed by atoms with van der Waals surface area (Å²) in [6.45, 7) is 2.03. The summed E-state index contributed by atoms with van der Waals surface area (Å²) in [5.74, 6) is -1.43. The quantitative estimate of drug-likeness (QED) is 0.687. The van der Waals surface area contributed by atoms with Crippen LogP contribution in [0.1, 0.15) is 17.3 Å². The summed E-state index contributed by atoms with van der Waals surface area (Å²) in [5, 5.41) is 11.9. The molecule has 1 unspecified atom stereocenters. The molecular formula is C10H13FN2O2. The second-order valence-corrected chi connectivity index (χ2v) is 3.27. The van der Waals surface area contributed by atoms with Gasteiger partial charge in [-0.15, -0.1) is 0 Å². The van der Waals surface area contributed by atoms with Gasteiger partial charge >= 0.3 is 0 Å². The molecule has 0 bridgehead atoms. The van der Waals surface area contributed by atoms with Crippen LogP contribution < -0.4 is 11.1 Å². The standard InChI is InChI=1S/C10H13FN2O2/c1-6(5-12)13-10(15)8-3-2-7(11)4-9(8)14/h2-4,6,14H,5,12H2,1H3,(H,13,15). The summed E-state index contributed by atoms with van der Waals surface area (Å²) in [6, 6.07) is 3.04. The summed E-state index contributed by atoms with van der Waals surface area (Å²) in [6.07, 6.45) is 0. The molecule has 0 heterocycles. The molecule has 0 aliphatic heterocycles. The molecule has 1 aromatic carbocycles. The molecule has 4 nitrogen and oxygen atoms in total. The van der Waals surface area contributed by atoms with Crippen LogP contribution in [0.2, 0.25) is 0 Å². The van der Waals surface area contributed by atoms with Crippen molar-refractivity contribution in [2.75, 3.05) is 6.54 Å². The number of benzene rings is 1. The van der Waals surface area contributed by atoms with E-state index in [1.54, 1.807) is 6.92 Å². The van der Waals surface area contributed by atoms with Gasteiger partial charge in [-0.1, -0.05) is 0 Å². The first kappa shape index (κ1) is 11.5. The number of aromatic hydroxyl groups is 1. The van der Waals surface area contributed by atoms with Gasteiger partial charge in [0.15, 0.2) is 0 Å². The zero-order valence-electron chi connectivity index (χ0n) is 8.33. The summed E-state index contributed by atoms with van der Waals surface area (Å²) in [4.78, 5) is 11.5. The van der Waals surface area contributed by atoms with Crippen LogP contribution in [-0.2, 0) is 0 Å². The Morgan fingerprint density at radius 3 is 2.87 bits per heavy atom. The molecular weight excluding hydrogens is 199 g/mol. The van der Waals surface area contributed by atoms with E-state index in [0.717, 1.165) is 12.1 Å². The van der Waals surface area contributed by atoms with Gasteiger partial charge in [0.1, 0.15) is 11.6 Å². The van der Waals surface area contributed by atoms with E-state index in [1.807, 2.05) is 0 Å². The number of hydrogen-bond donors (Lipinski definition) is 3. The van der Waals surface area contributed by atoms with Gasteiger partial charge in [0.2, 0.25) is 0 Å². The molecule has 0 radical (unpaired) electrons. The van der Waals surface area contributed by atoms with Crippen molar-refractivity contribution in [1.82, 2.24) is 5.32 Å². The monoisotopic (exact) mass is 212 g/mol. The fourth-order valence-electron chi connectivity index (χ4n) is 1.06. The topological polar surface area (TPSA) is 75.3 Å². The first-order valence-corrected chi connectivity index (χ1v) is 4.54. The highest BCUT2D eigenvalue weighted by atomic mass is 19.1. The van der Waals surface area contributed by atoms with Crippen LogP contribution >= 0.6 is 0 Å². The van der Waals surface area contributed by atoms with Crippen molar-refractivity contribution in [2.45, 2.75) is 13.0 Å². The van der Waals surface area contributed by atoms with Crippen molar-refractivity contribution >= 4 is 5.91 Å². The smallest absolute Gasteiger partial charge is 0.255 e. The molecule has 0 saturated carbocycles. The predicted octanol–water partition coefficient (Wildman–Crippen LogP) is 0.608. The van der Waals surface area contributed by atoms with E-state index < -0.39 is 11.7 Å². The number of nitrogens with two attached hydrogens (primary N) is 1. The number of nitrogens with one attached hydrogen (secondary N) is 1. The van der Waals surface area contributed by atoms with E-state index in [1.165, 1.54) is 6.07 Å². The number of hydrogen-bond acceptors (Lipinski definition) is 3. The average molecular weight is 212 g/mol. The maximum atomic E-state index is 12.6. The molecule has 0 fully saturated rings. The second kappa shape index (κ2) is 4.75. The van der Waals surface area contributed by atoms with Gasteiger partial charge < -0.3 is 16.2 Å². The van der Waals surface area contributed by atoms with E-state index in [4.69, 9.17) is 5.73 Å². The van der Waals surface area contributed by atoms with E-state index in [-0.39, 0.29) is 17.4 Å². The molecule has 82 valence electrons. The Morgan fingerprint density at radius 1 is 1.67 bits per heavy atom. The van der Waals surface area contributed by atoms with E-state index in [2.05, 4.69) is 5.32 Å². The van der Waals surface area contributed by atoms with Crippen molar-refractivity contribution in [3.8, 4) is 5.75 Å². The van der Waals surface area contributed by atoms with Gasteiger partial charge in [0, 0.05) is 18.7 Å². The van der Waals surface area contributed by atoms with E-state index >= 15 is 0 Å². The number of phenols is 1. The van der Waals surface area contributed by atoms with Crippen LogP contribution in [0.3, 0.4) is 0 Å². The van der Waals surface area contributed by atoms with Crippen LogP contribution in [0, 0.1) is 5.82 Å². The van der Waals surface area contributed by atoms with Crippen LogP contribution in [-0.4, -0.2) is 23.6 Å². The van der Waals surface area contributed by atoms with E-state index in [9.17, 15) is 14.3 Å². The Hall–Kier alpha value is -1.62. The van der Waals surface area contributed by atoms with Crippen molar-refractivity contribution < 1.29 is 14.3 Å². The van der Waals surface area contributed by atoms with Gasteiger partial charge in [0.25, 0.3) is 5.91 Å². The Morgan fingerprint density at radius 2 is 2.33 bits per heavy atom. The molecule has 4 N–H and O–H groups in total. The fourth-order valence-corrected chi connectivity index (χ4v) is 1.06. The molecule has 0 aliphatic rings. The lowest BCUT2D eigenvalue weighted by atomic mass is 10.1. The Bertz CT molecular complexity index is 368. The van der Waals surface area contributed by atoms with Gasteiger partial charge in [-0.2, -0.15) is 0 Å². The molecule has 5 heteroatoms. The Balaban J connectivity index is 2.82. The van der Waals surface area contributed by atoms with Crippen LogP contribution in [0.4, 0.5) is 4.39 Å². The second-order valence-electron chi connectivity index (χ2n) is 3.27. The largest absolute Gasteiger partial charge is 0.507 e. The van der Waals surface area contributed by atoms with Gasteiger partial charge in [-0.05, 0) is 19.1 Å². The maximum absolute atomic E-state index is 12.6. The number of carbonyl (C=O) groups is 1. The molecule has 1 rings (SSSR count). The predicted molar refractivity (Wildman–Crippen MR) is 54.0 cm³/mol. The van der Waals surface area contributed by atoms with Gasteiger partial charge in [-0.3, -0.25) is 4.79 Å². The van der Waals surface area contributed by atoms with Crippen molar-refractivity contribution in [3.63, 3.8) is 0 Å². The van der Waals surface area contributed by atoms with Crippen molar-refractivity contribution in [1.29, 1.82) is 0 Å². The summed E-state index contributed by atoms with van der Waals surface area (Å²) >= 11 is 0. The van der Waals surface area contributed by atoms with Crippen LogP contribution in [0.5, 0.6) is 5.75 Å². The molecule has 0 spiro atoms. The molecule has 1 aromatic rings. The SMILES string of the molecule is CC(CN)NC(=O)c1ccc(F)cc1O. The summed E-state index contributed by atoms with van der Waals surface area (Å²) in [5.41, 5.74) is 5.36. The molecule has 0 aliphatic carbocycles. The third-order valence-corrected chi connectivity index (χ3v) is 1.94. The third kappa shape index (κ3) is 2.92. The van der Waals surface area contributed by atoms with Crippen LogP contribution in [0.15, 0.2) is 18.2 Å². The molecule has 15 heavy (non-hydrogen) atoms. The zero-order chi connectivity index (χ0) is 11.4. The molecule has 0 aromatic heterocycles. The Kier molecular flexibility index (Phi) is 3.62. The normalized spacial score (nSPS) is 12.2. The lowest BCUT2D eigenvalue weighted by Gasteiger charge is -2.11. The number of phenolic OH excluding ortho intramolecular Hbond substituents is 1. The first-order valence-electron chi connectivity index (χ1n) is 4.54. The highest BCUT2D eigenvalue weighted by Gasteiger charge is 2.13. The zero-order valence-corrected chi connectivity index (χ0v) is 8.33. The fraction of sp³-hybridized carbons (Fsp3) is 0.300. The lowest BCUT2D eigenvalue weighted by molar-refractivity contribution is 0.0938. The first-order chi connectivity index (χ1) is 7.04. The lowest BCUT2D eigenvalue weighted by Crippen LogP contribution is -2.37. The van der Waals surface area contributed by atoms with Gasteiger partial charge in [-0.25, -0.2) is 4.39 Å². The molecule has 1 atom stereocenters. The Labute approximate surface area is 86.9 Å². The summed E-state index contributed by atoms with van der Waals surface area (Å²) in [7, 11) is 0. The van der Waals surface area contributed by atoms with Crippen LogP contribution in [0.25, 0.3) is 0 Å². The molecule has 1 amide bonds. The van der Waals surface area contributed by atoms with Crippen molar-refractivity contribution in [2.24, 2.45) is 5.73 Å². The number of rotatable bonds is 3. The minimum Gasteiger partial charge on any atom is -0.507 e. The minimum absolute atomic E-state index is 0.0386. The average Bonchev–Trinajstić information content (AvgIpc) is 2.17. The minimum atomic E-state index is -0.587. The maximum Gasteiger partial charge on any atom is 0.255 e. The van der Waals surface area contributed by atoms with E-state index in [0.29, 0.717) is 6.54 Å². The number of halogens is 1. The number of carbonyl (C=O) groups excluding carboxylic acids is 1. The third-order valence-electron chi connectivity index (χ3n) is 1.94. The summed E-state index contributed by atoms with van der Waals surface area (Å²) < 4.78 is 12.6. The van der Waals surface area contributed by atoms with Crippen molar-refractivity contribution in [3.05, 3.63) is 29.6 Å². The number of amides is 1. The highest BCUT2D eigenvalue weighted by Crippen LogP contribution is 2.17. The highest BCUT2D eigenvalue weighted by molar-refractivity contribution is 5.96. The van der Waals surface area contributed by atoms with Gasteiger partial charge in [0.05, 0.1) is 5.56 Å².